The lowest BCUT2D eigenvalue weighted by molar-refractivity contribution is -0.151. The highest BCUT2D eigenvalue weighted by Crippen LogP contribution is 2.17. The Balaban J connectivity index is 1.58. The molecule has 1 saturated heterocycles. The van der Waals surface area contributed by atoms with Gasteiger partial charge >= 0.3 is 5.97 Å². The topological polar surface area (TPSA) is 130 Å². The Kier molecular flexibility index (Phi) is 7.85. The Morgan fingerprint density at radius 3 is 2.78 bits per heavy atom. The molecule has 1 unspecified atom stereocenters. The van der Waals surface area contributed by atoms with Crippen LogP contribution < -0.4 is 16.0 Å². The van der Waals surface area contributed by atoms with Crippen molar-refractivity contribution in [2.45, 2.75) is 25.8 Å². The molecule has 1 fully saturated rings. The summed E-state index contributed by atoms with van der Waals surface area (Å²) in [5, 5.41) is 8.39. The van der Waals surface area contributed by atoms with Crippen LogP contribution in [0.5, 0.6) is 0 Å². The van der Waals surface area contributed by atoms with E-state index in [0.29, 0.717) is 30.9 Å². The van der Waals surface area contributed by atoms with Gasteiger partial charge in [-0.15, -0.1) is 0 Å². The molecule has 32 heavy (non-hydrogen) atoms. The fourth-order valence-corrected chi connectivity index (χ4v) is 3.24. The van der Waals surface area contributed by atoms with Crippen molar-refractivity contribution in [2.75, 3.05) is 36.9 Å². The number of carbonyl (C=O) groups excluding carboxylic acids is 4. The molecule has 0 radical (unpaired) electrons. The zero-order valence-electron chi connectivity index (χ0n) is 17.8. The number of nitrogens with zero attached hydrogens (tertiary/aromatic N) is 1. The molecule has 1 aliphatic rings. The Labute approximate surface area is 185 Å². The number of amides is 3. The van der Waals surface area contributed by atoms with Gasteiger partial charge in [0.15, 0.2) is 5.76 Å². The van der Waals surface area contributed by atoms with E-state index >= 15 is 0 Å². The maximum Gasteiger partial charge on any atom is 0.308 e. The first-order chi connectivity index (χ1) is 15.5. The highest BCUT2D eigenvalue weighted by Gasteiger charge is 2.34. The third kappa shape index (κ3) is 6.10. The summed E-state index contributed by atoms with van der Waals surface area (Å²) in [6.07, 6.45) is 1.90. The number of piperazine rings is 1. The predicted octanol–water partition coefficient (Wildman–Crippen LogP) is 1.61. The van der Waals surface area contributed by atoms with Gasteiger partial charge in [0.05, 0.1) is 25.8 Å². The van der Waals surface area contributed by atoms with Gasteiger partial charge in [-0.3, -0.25) is 19.2 Å². The average molecular weight is 442 g/mol. The summed E-state index contributed by atoms with van der Waals surface area (Å²) in [5.41, 5.74) is 1.13. The van der Waals surface area contributed by atoms with Gasteiger partial charge in [-0.25, -0.2) is 0 Å². The van der Waals surface area contributed by atoms with Crippen LogP contribution in [-0.2, 0) is 19.1 Å². The van der Waals surface area contributed by atoms with E-state index in [1.54, 1.807) is 36.4 Å². The van der Waals surface area contributed by atoms with Gasteiger partial charge in [0.1, 0.15) is 6.04 Å². The molecule has 2 heterocycles. The van der Waals surface area contributed by atoms with Crippen LogP contribution in [0.1, 0.15) is 30.3 Å². The number of hydrogen-bond donors (Lipinski definition) is 3. The summed E-state index contributed by atoms with van der Waals surface area (Å²) in [6.45, 7) is 2.69. The number of esters is 1. The van der Waals surface area contributed by atoms with Crippen molar-refractivity contribution >= 4 is 35.1 Å². The van der Waals surface area contributed by atoms with Gasteiger partial charge in [0, 0.05) is 24.5 Å². The van der Waals surface area contributed by atoms with E-state index in [-0.39, 0.29) is 43.1 Å². The van der Waals surface area contributed by atoms with Gasteiger partial charge in [-0.05, 0) is 36.8 Å². The first-order valence-corrected chi connectivity index (χ1v) is 10.4. The number of anilines is 2. The van der Waals surface area contributed by atoms with E-state index in [1.165, 1.54) is 11.2 Å². The molecular weight excluding hydrogens is 416 g/mol. The van der Waals surface area contributed by atoms with E-state index in [4.69, 9.17) is 9.15 Å². The quantitative estimate of drug-likeness (QED) is 0.503. The number of hydrogen-bond acceptors (Lipinski definition) is 7. The molecule has 1 aromatic heterocycles. The molecule has 1 aromatic carbocycles. The molecule has 0 bridgehead atoms. The van der Waals surface area contributed by atoms with E-state index in [1.807, 2.05) is 6.92 Å². The maximum absolute atomic E-state index is 12.8. The van der Waals surface area contributed by atoms with Crippen LogP contribution in [-0.4, -0.2) is 60.9 Å². The van der Waals surface area contributed by atoms with Crippen LogP contribution >= 0.6 is 0 Å². The minimum absolute atomic E-state index is 0.0800. The molecule has 170 valence electrons. The van der Waals surface area contributed by atoms with Gasteiger partial charge in [-0.2, -0.15) is 0 Å². The lowest BCUT2D eigenvalue weighted by Gasteiger charge is -2.34. The number of carbonyl (C=O) groups is 4. The van der Waals surface area contributed by atoms with Gasteiger partial charge in [0.25, 0.3) is 5.91 Å². The Hall–Kier alpha value is -3.82. The summed E-state index contributed by atoms with van der Waals surface area (Å²) in [4.78, 5) is 50.5. The van der Waals surface area contributed by atoms with Crippen molar-refractivity contribution in [2.24, 2.45) is 0 Å². The summed E-state index contributed by atoms with van der Waals surface area (Å²) < 4.78 is 10.1. The zero-order chi connectivity index (χ0) is 22.9. The van der Waals surface area contributed by atoms with Crippen molar-refractivity contribution in [3.05, 3.63) is 48.4 Å². The van der Waals surface area contributed by atoms with E-state index < -0.39 is 12.0 Å². The summed E-state index contributed by atoms with van der Waals surface area (Å²) in [6, 6.07) is 9.14. The van der Waals surface area contributed by atoms with Gasteiger partial charge in [0.2, 0.25) is 11.8 Å². The highest BCUT2D eigenvalue weighted by molar-refractivity contribution is 6.02. The standard InChI is InChI=1S/C22H26N4O6/c1-2-10-32-20(28)13-17-21(29)23-8-9-26(17)19(27)14-24-15-5-3-6-16(12-15)25-22(30)18-7-4-11-31-18/h3-7,11-12,17,24H,2,8-10,13-14H2,1H3,(H,23,29)(H,25,30). The molecule has 3 amide bonds. The molecule has 10 nitrogen and oxygen atoms in total. The van der Waals surface area contributed by atoms with Crippen molar-refractivity contribution in [3.8, 4) is 0 Å². The van der Waals surface area contributed by atoms with Crippen LogP contribution in [0.3, 0.4) is 0 Å². The molecule has 0 aliphatic carbocycles. The molecule has 0 saturated carbocycles. The second kappa shape index (κ2) is 11.0. The largest absolute Gasteiger partial charge is 0.466 e. The third-order valence-corrected chi connectivity index (χ3v) is 4.79. The lowest BCUT2D eigenvalue weighted by Crippen LogP contribution is -2.58. The molecule has 0 spiro atoms. The monoisotopic (exact) mass is 442 g/mol. The number of furan rings is 1. The maximum atomic E-state index is 12.8. The first-order valence-electron chi connectivity index (χ1n) is 10.4. The average Bonchev–Trinajstić information content (AvgIpc) is 3.33. The van der Waals surface area contributed by atoms with Crippen LogP contribution in [0.25, 0.3) is 0 Å². The Morgan fingerprint density at radius 1 is 1.22 bits per heavy atom. The summed E-state index contributed by atoms with van der Waals surface area (Å²) in [7, 11) is 0. The van der Waals surface area contributed by atoms with Gasteiger partial charge in [-0.1, -0.05) is 13.0 Å². The Morgan fingerprint density at radius 2 is 2.03 bits per heavy atom. The van der Waals surface area contributed by atoms with Crippen LogP contribution in [0.4, 0.5) is 11.4 Å². The van der Waals surface area contributed by atoms with Crippen molar-refractivity contribution in [1.29, 1.82) is 0 Å². The fourth-order valence-electron chi connectivity index (χ4n) is 3.24. The number of ether oxygens (including phenoxy) is 1. The van der Waals surface area contributed by atoms with Crippen LogP contribution in [0, 0.1) is 0 Å². The normalized spacial score (nSPS) is 15.6. The van der Waals surface area contributed by atoms with E-state index in [2.05, 4.69) is 16.0 Å². The highest BCUT2D eigenvalue weighted by atomic mass is 16.5. The number of benzene rings is 1. The van der Waals surface area contributed by atoms with Crippen molar-refractivity contribution < 1.29 is 28.3 Å². The smallest absolute Gasteiger partial charge is 0.308 e. The second-order valence-corrected chi connectivity index (χ2v) is 7.18. The summed E-state index contributed by atoms with van der Waals surface area (Å²) in [5.74, 6) is -1.41. The number of nitrogens with one attached hydrogen (secondary N) is 3. The molecule has 2 aromatic rings. The second-order valence-electron chi connectivity index (χ2n) is 7.18. The minimum Gasteiger partial charge on any atom is -0.466 e. The zero-order valence-corrected chi connectivity index (χ0v) is 17.8. The molecule has 3 N–H and O–H groups in total. The van der Waals surface area contributed by atoms with Crippen LogP contribution in [0.2, 0.25) is 0 Å². The molecule has 1 aliphatic heterocycles. The molecular formula is C22H26N4O6. The van der Waals surface area contributed by atoms with E-state index in [0.717, 1.165) is 0 Å². The predicted molar refractivity (Wildman–Crippen MR) is 116 cm³/mol. The van der Waals surface area contributed by atoms with Crippen LogP contribution in [0.15, 0.2) is 47.1 Å². The van der Waals surface area contributed by atoms with Crippen molar-refractivity contribution in [1.82, 2.24) is 10.2 Å². The summed E-state index contributed by atoms with van der Waals surface area (Å²) >= 11 is 0. The van der Waals surface area contributed by atoms with Crippen molar-refractivity contribution in [3.63, 3.8) is 0 Å². The molecule has 10 heteroatoms. The van der Waals surface area contributed by atoms with E-state index in [9.17, 15) is 19.2 Å². The molecule has 1 atom stereocenters. The lowest BCUT2D eigenvalue weighted by atomic mass is 10.1. The minimum atomic E-state index is -0.902. The first kappa shape index (κ1) is 22.9. The number of rotatable bonds is 9. The third-order valence-electron chi connectivity index (χ3n) is 4.79. The molecule has 3 rings (SSSR count). The van der Waals surface area contributed by atoms with Gasteiger partial charge < -0.3 is 30.0 Å². The fraction of sp³-hybridized carbons (Fsp3) is 0.364. The Bertz CT molecular complexity index is 959. The SMILES string of the molecule is CCCOC(=O)CC1C(=O)NCCN1C(=O)CNc1cccc(NC(=O)c2ccco2)c1.